The standard InChI is InChI=1S/C13H15F3N2O/c1-3-6-17-8-12(19)18-10-5-4-9(2)11(7-10)13(14,15)16/h3-5,7,17H,1,6,8H2,2H3,(H,18,19). The van der Waals surface area contributed by atoms with E-state index >= 15 is 0 Å². The molecule has 2 N–H and O–H groups in total. The van der Waals surface area contributed by atoms with Gasteiger partial charge in [0.1, 0.15) is 0 Å². The van der Waals surface area contributed by atoms with Crippen LogP contribution < -0.4 is 10.6 Å². The van der Waals surface area contributed by atoms with Gasteiger partial charge in [-0.05, 0) is 24.6 Å². The number of rotatable bonds is 5. The molecule has 0 bridgehead atoms. The first-order chi connectivity index (χ1) is 8.84. The van der Waals surface area contributed by atoms with Crippen molar-refractivity contribution in [1.82, 2.24) is 5.32 Å². The number of anilines is 1. The normalized spacial score (nSPS) is 11.2. The molecule has 1 aromatic rings. The lowest BCUT2D eigenvalue weighted by Gasteiger charge is -2.12. The molecule has 1 rings (SSSR count). The second-order valence-corrected chi connectivity index (χ2v) is 4.00. The van der Waals surface area contributed by atoms with Gasteiger partial charge in [0.2, 0.25) is 5.91 Å². The molecule has 0 aliphatic carbocycles. The molecule has 104 valence electrons. The van der Waals surface area contributed by atoms with E-state index in [1.54, 1.807) is 6.08 Å². The molecule has 0 saturated carbocycles. The number of benzene rings is 1. The topological polar surface area (TPSA) is 41.1 Å². The lowest BCUT2D eigenvalue weighted by Crippen LogP contribution is -2.28. The number of hydrogen-bond acceptors (Lipinski definition) is 2. The highest BCUT2D eigenvalue weighted by Crippen LogP contribution is 2.33. The number of carbonyl (C=O) groups excluding carboxylic acids is 1. The summed E-state index contributed by atoms with van der Waals surface area (Å²) in [5.41, 5.74) is -0.497. The van der Waals surface area contributed by atoms with Crippen LogP contribution in [0.2, 0.25) is 0 Å². The van der Waals surface area contributed by atoms with Gasteiger partial charge in [-0.3, -0.25) is 4.79 Å². The van der Waals surface area contributed by atoms with Crippen molar-refractivity contribution in [3.05, 3.63) is 42.0 Å². The van der Waals surface area contributed by atoms with Gasteiger partial charge in [0.15, 0.2) is 0 Å². The highest BCUT2D eigenvalue weighted by molar-refractivity contribution is 5.92. The Kier molecular flexibility index (Phi) is 5.11. The maximum Gasteiger partial charge on any atom is 0.416 e. The minimum absolute atomic E-state index is 0.0151. The molecular formula is C13H15F3N2O. The molecule has 1 aromatic carbocycles. The molecule has 6 heteroatoms. The molecule has 19 heavy (non-hydrogen) atoms. The van der Waals surface area contributed by atoms with Crippen LogP contribution in [-0.4, -0.2) is 19.0 Å². The van der Waals surface area contributed by atoms with Crippen molar-refractivity contribution in [1.29, 1.82) is 0 Å². The van der Waals surface area contributed by atoms with Crippen LogP contribution in [0.25, 0.3) is 0 Å². The number of amides is 1. The monoisotopic (exact) mass is 272 g/mol. The Morgan fingerprint density at radius 2 is 2.11 bits per heavy atom. The Hall–Kier alpha value is -1.82. The number of nitrogens with one attached hydrogen (secondary N) is 2. The number of aryl methyl sites for hydroxylation is 1. The van der Waals surface area contributed by atoms with Crippen molar-refractivity contribution >= 4 is 11.6 Å². The maximum absolute atomic E-state index is 12.7. The maximum atomic E-state index is 12.7. The summed E-state index contributed by atoms with van der Waals surface area (Å²) in [6.07, 6.45) is -2.84. The van der Waals surface area contributed by atoms with Crippen molar-refractivity contribution in [2.75, 3.05) is 18.4 Å². The van der Waals surface area contributed by atoms with Gasteiger partial charge in [0.05, 0.1) is 12.1 Å². The smallest absolute Gasteiger partial charge is 0.325 e. The Bertz CT molecular complexity index is 469. The van der Waals surface area contributed by atoms with Gasteiger partial charge in [-0.25, -0.2) is 0 Å². The lowest BCUT2D eigenvalue weighted by molar-refractivity contribution is -0.138. The van der Waals surface area contributed by atoms with E-state index in [0.29, 0.717) is 6.54 Å². The average Bonchev–Trinajstić information content (AvgIpc) is 2.30. The molecule has 0 fully saturated rings. The summed E-state index contributed by atoms with van der Waals surface area (Å²) in [7, 11) is 0. The molecule has 0 aromatic heterocycles. The van der Waals surface area contributed by atoms with Crippen LogP contribution >= 0.6 is 0 Å². The van der Waals surface area contributed by atoms with E-state index in [-0.39, 0.29) is 17.8 Å². The zero-order valence-electron chi connectivity index (χ0n) is 10.5. The zero-order valence-corrected chi connectivity index (χ0v) is 10.5. The van der Waals surface area contributed by atoms with Gasteiger partial charge >= 0.3 is 6.18 Å². The third kappa shape index (κ3) is 4.75. The second kappa shape index (κ2) is 6.38. The van der Waals surface area contributed by atoms with E-state index in [2.05, 4.69) is 17.2 Å². The quantitative estimate of drug-likeness (QED) is 0.639. The number of carbonyl (C=O) groups is 1. The highest BCUT2D eigenvalue weighted by atomic mass is 19.4. The third-order valence-electron chi connectivity index (χ3n) is 2.40. The summed E-state index contributed by atoms with van der Waals surface area (Å²) < 4.78 is 38.0. The predicted molar refractivity (Wildman–Crippen MR) is 67.9 cm³/mol. The summed E-state index contributed by atoms with van der Waals surface area (Å²) in [4.78, 5) is 11.4. The molecule has 0 aliphatic rings. The molecule has 0 heterocycles. The molecule has 3 nitrogen and oxygen atoms in total. The Balaban J connectivity index is 2.75. The second-order valence-electron chi connectivity index (χ2n) is 4.00. The van der Waals surface area contributed by atoms with E-state index in [1.807, 2.05) is 0 Å². The number of halogens is 3. The number of hydrogen-bond donors (Lipinski definition) is 2. The van der Waals surface area contributed by atoms with Gasteiger partial charge in [0, 0.05) is 12.2 Å². The largest absolute Gasteiger partial charge is 0.416 e. The van der Waals surface area contributed by atoms with Gasteiger partial charge in [0.25, 0.3) is 0 Å². The first kappa shape index (κ1) is 15.2. The minimum atomic E-state index is -4.42. The first-order valence-electron chi connectivity index (χ1n) is 5.64. The van der Waals surface area contributed by atoms with E-state index in [9.17, 15) is 18.0 Å². The van der Waals surface area contributed by atoms with Crippen molar-refractivity contribution in [3.63, 3.8) is 0 Å². The zero-order chi connectivity index (χ0) is 14.5. The number of alkyl halides is 3. The van der Waals surface area contributed by atoms with Crippen molar-refractivity contribution in [2.24, 2.45) is 0 Å². The summed E-state index contributed by atoms with van der Waals surface area (Å²) in [5.74, 6) is -0.404. The molecule has 0 aliphatic heterocycles. The van der Waals surface area contributed by atoms with Crippen LogP contribution in [0.1, 0.15) is 11.1 Å². The molecule has 0 atom stereocenters. The van der Waals surface area contributed by atoms with Gasteiger partial charge in [-0.2, -0.15) is 13.2 Å². The molecule has 0 radical (unpaired) electrons. The van der Waals surface area contributed by atoms with Crippen LogP contribution in [0, 0.1) is 6.92 Å². The van der Waals surface area contributed by atoms with E-state index in [1.165, 1.54) is 19.1 Å². The molecule has 0 unspecified atom stereocenters. The van der Waals surface area contributed by atoms with E-state index in [4.69, 9.17) is 0 Å². The molecule has 0 saturated heterocycles. The average molecular weight is 272 g/mol. The van der Waals surface area contributed by atoms with Gasteiger partial charge in [-0.1, -0.05) is 12.1 Å². The van der Waals surface area contributed by atoms with Crippen molar-refractivity contribution < 1.29 is 18.0 Å². The summed E-state index contributed by atoms with van der Waals surface area (Å²) >= 11 is 0. The van der Waals surface area contributed by atoms with Crippen LogP contribution in [0.5, 0.6) is 0 Å². The van der Waals surface area contributed by atoms with Crippen LogP contribution in [-0.2, 0) is 11.0 Å². The predicted octanol–water partition coefficient (Wildman–Crippen LogP) is 2.73. The fourth-order valence-electron chi connectivity index (χ4n) is 1.50. The highest BCUT2D eigenvalue weighted by Gasteiger charge is 2.32. The summed E-state index contributed by atoms with van der Waals surface area (Å²) in [6, 6.07) is 3.70. The van der Waals surface area contributed by atoms with E-state index < -0.39 is 17.6 Å². The Morgan fingerprint density at radius 1 is 1.42 bits per heavy atom. The van der Waals surface area contributed by atoms with Crippen molar-refractivity contribution in [2.45, 2.75) is 13.1 Å². The van der Waals surface area contributed by atoms with Crippen molar-refractivity contribution in [3.8, 4) is 0 Å². The lowest BCUT2D eigenvalue weighted by atomic mass is 10.1. The fourth-order valence-corrected chi connectivity index (χ4v) is 1.50. The summed E-state index contributed by atoms with van der Waals surface area (Å²) in [6.45, 7) is 5.31. The van der Waals surface area contributed by atoms with E-state index in [0.717, 1.165) is 6.07 Å². The van der Waals surface area contributed by atoms with Crippen LogP contribution in [0.15, 0.2) is 30.9 Å². The Labute approximate surface area is 109 Å². The summed E-state index contributed by atoms with van der Waals surface area (Å²) in [5, 5.41) is 5.16. The van der Waals surface area contributed by atoms with Gasteiger partial charge < -0.3 is 10.6 Å². The van der Waals surface area contributed by atoms with Crippen LogP contribution in [0.4, 0.5) is 18.9 Å². The van der Waals surface area contributed by atoms with Gasteiger partial charge in [-0.15, -0.1) is 6.58 Å². The fraction of sp³-hybridized carbons (Fsp3) is 0.308. The molecule has 0 spiro atoms. The van der Waals surface area contributed by atoms with Crippen LogP contribution in [0.3, 0.4) is 0 Å². The molecule has 1 amide bonds. The first-order valence-corrected chi connectivity index (χ1v) is 5.64. The Morgan fingerprint density at radius 3 is 2.68 bits per heavy atom. The molecular weight excluding hydrogens is 257 g/mol. The minimum Gasteiger partial charge on any atom is -0.325 e. The third-order valence-corrected chi connectivity index (χ3v) is 2.40. The SMILES string of the molecule is C=CCNCC(=O)Nc1ccc(C)c(C(F)(F)F)c1.